The van der Waals surface area contributed by atoms with Crippen LogP contribution in [0.15, 0.2) is 73.1 Å². The Labute approximate surface area is 151 Å². The first kappa shape index (κ1) is 17.2. The summed E-state index contributed by atoms with van der Waals surface area (Å²) in [6, 6.07) is 20.1. The minimum atomic E-state index is -0.721. The number of ether oxygens (including phenoxy) is 1. The van der Waals surface area contributed by atoms with Crippen LogP contribution in [0.1, 0.15) is 17.2 Å². The molecule has 0 unspecified atom stereocenters. The third-order valence-electron chi connectivity index (χ3n) is 3.76. The van der Waals surface area contributed by atoms with Gasteiger partial charge in [0.1, 0.15) is 24.9 Å². The molecule has 3 aromatic rings. The highest BCUT2D eigenvalue weighted by Gasteiger charge is 2.14. The fraction of sp³-hybridized carbons (Fsp3) is 0.150. The third kappa shape index (κ3) is 4.71. The average Bonchev–Trinajstić information content (AvgIpc) is 3.19. The summed E-state index contributed by atoms with van der Waals surface area (Å²) < 4.78 is 7.23. The summed E-state index contributed by atoms with van der Waals surface area (Å²) in [6.07, 6.45) is 3.29. The normalized spacial score (nSPS) is 11.3. The van der Waals surface area contributed by atoms with Gasteiger partial charge in [-0.25, -0.2) is 0 Å². The highest BCUT2D eigenvalue weighted by atomic mass is 16.5. The number of carbonyl (C=O) groups excluding carboxylic acids is 1. The summed E-state index contributed by atoms with van der Waals surface area (Å²) in [4.78, 5) is 12.0. The first-order chi connectivity index (χ1) is 12.7. The molecule has 1 aromatic heterocycles. The predicted molar refractivity (Wildman–Crippen MR) is 95.9 cm³/mol. The minimum absolute atomic E-state index is 0.0729. The van der Waals surface area contributed by atoms with E-state index in [-0.39, 0.29) is 12.5 Å². The predicted octanol–water partition coefficient (Wildman–Crippen LogP) is 2.84. The minimum Gasteiger partial charge on any atom is -0.489 e. The van der Waals surface area contributed by atoms with Crippen molar-refractivity contribution < 1.29 is 9.53 Å². The van der Waals surface area contributed by atoms with Crippen LogP contribution in [0, 0.1) is 11.3 Å². The number of carbonyl (C=O) groups is 1. The van der Waals surface area contributed by atoms with Crippen molar-refractivity contribution in [2.45, 2.75) is 19.2 Å². The lowest BCUT2D eigenvalue weighted by Gasteiger charge is -2.13. The van der Waals surface area contributed by atoms with Gasteiger partial charge in [0.25, 0.3) is 0 Å². The van der Waals surface area contributed by atoms with Crippen molar-refractivity contribution in [3.63, 3.8) is 0 Å². The number of rotatable bonds is 7. The molecule has 0 aliphatic rings. The Hall–Kier alpha value is -3.59. The van der Waals surface area contributed by atoms with Crippen molar-refractivity contribution in [3.8, 4) is 11.8 Å². The second-order valence-electron chi connectivity index (χ2n) is 5.68. The zero-order chi connectivity index (χ0) is 18.2. The van der Waals surface area contributed by atoms with Gasteiger partial charge in [0.2, 0.25) is 5.91 Å². The second-order valence-corrected chi connectivity index (χ2v) is 5.68. The van der Waals surface area contributed by atoms with Crippen LogP contribution < -0.4 is 10.1 Å². The van der Waals surface area contributed by atoms with Gasteiger partial charge < -0.3 is 10.1 Å². The Morgan fingerprint density at radius 1 is 1.15 bits per heavy atom. The zero-order valence-corrected chi connectivity index (χ0v) is 14.1. The number of amides is 1. The summed E-state index contributed by atoms with van der Waals surface area (Å²) in [5.74, 6) is 0.432. The van der Waals surface area contributed by atoms with Crippen LogP contribution in [0.4, 0.5) is 0 Å². The molecule has 1 atom stereocenters. The maximum absolute atomic E-state index is 12.0. The van der Waals surface area contributed by atoms with E-state index in [4.69, 9.17) is 4.74 Å². The van der Waals surface area contributed by atoms with Crippen molar-refractivity contribution in [1.29, 1.82) is 5.26 Å². The Bertz CT molecular complexity index is 868. The molecule has 0 bridgehead atoms. The molecule has 26 heavy (non-hydrogen) atoms. The Balaban J connectivity index is 1.57. The molecule has 1 heterocycles. The van der Waals surface area contributed by atoms with E-state index in [1.807, 2.05) is 30.3 Å². The summed E-state index contributed by atoms with van der Waals surface area (Å²) in [5.41, 5.74) is 1.78. The van der Waals surface area contributed by atoms with Crippen LogP contribution in [-0.4, -0.2) is 15.7 Å². The van der Waals surface area contributed by atoms with Crippen molar-refractivity contribution in [3.05, 3.63) is 84.2 Å². The number of nitrogens with zero attached hydrogens (tertiary/aromatic N) is 3. The number of hydrogen-bond acceptors (Lipinski definition) is 4. The number of nitriles is 1. The van der Waals surface area contributed by atoms with Crippen LogP contribution in [0.3, 0.4) is 0 Å². The van der Waals surface area contributed by atoms with Gasteiger partial charge in [0.05, 0.1) is 6.07 Å². The van der Waals surface area contributed by atoms with Crippen molar-refractivity contribution in [1.82, 2.24) is 15.1 Å². The molecule has 0 saturated carbocycles. The Morgan fingerprint density at radius 3 is 2.58 bits per heavy atom. The van der Waals surface area contributed by atoms with Gasteiger partial charge in [-0.1, -0.05) is 42.5 Å². The number of benzene rings is 2. The topological polar surface area (TPSA) is 79.9 Å². The van der Waals surface area contributed by atoms with Gasteiger partial charge in [-0.15, -0.1) is 0 Å². The maximum Gasteiger partial charge on any atom is 0.243 e. The fourth-order valence-electron chi connectivity index (χ4n) is 2.44. The molecule has 1 amide bonds. The van der Waals surface area contributed by atoms with Crippen molar-refractivity contribution in [2.24, 2.45) is 0 Å². The van der Waals surface area contributed by atoms with E-state index >= 15 is 0 Å². The van der Waals surface area contributed by atoms with Gasteiger partial charge in [0, 0.05) is 12.4 Å². The summed E-state index contributed by atoms with van der Waals surface area (Å²) in [6.45, 7) is 0.548. The SMILES string of the molecule is N#C[C@@H](NC(=O)Cn1cccn1)c1ccc(OCc2ccccc2)cc1. The molecular weight excluding hydrogens is 328 g/mol. The maximum atomic E-state index is 12.0. The quantitative estimate of drug-likeness (QED) is 0.713. The lowest BCUT2D eigenvalue weighted by molar-refractivity contribution is -0.122. The molecule has 0 aliphatic carbocycles. The van der Waals surface area contributed by atoms with Gasteiger partial charge >= 0.3 is 0 Å². The van der Waals surface area contributed by atoms with Gasteiger partial charge in [-0.2, -0.15) is 10.4 Å². The lowest BCUT2D eigenvalue weighted by Crippen LogP contribution is -2.31. The van der Waals surface area contributed by atoms with Crippen molar-refractivity contribution >= 4 is 5.91 Å². The fourth-order valence-corrected chi connectivity index (χ4v) is 2.44. The molecule has 130 valence electrons. The smallest absolute Gasteiger partial charge is 0.243 e. The van der Waals surface area contributed by atoms with E-state index in [0.717, 1.165) is 5.56 Å². The largest absolute Gasteiger partial charge is 0.489 e. The van der Waals surface area contributed by atoms with Gasteiger partial charge in [0.15, 0.2) is 0 Å². The zero-order valence-electron chi connectivity index (χ0n) is 14.1. The lowest BCUT2D eigenvalue weighted by atomic mass is 10.1. The molecule has 0 radical (unpaired) electrons. The molecular formula is C20H18N4O2. The number of hydrogen-bond donors (Lipinski definition) is 1. The first-order valence-electron chi connectivity index (χ1n) is 8.18. The van der Waals surface area contributed by atoms with Crippen LogP contribution in [0.5, 0.6) is 5.75 Å². The van der Waals surface area contributed by atoms with Gasteiger partial charge in [-0.05, 0) is 29.3 Å². The first-order valence-corrected chi connectivity index (χ1v) is 8.18. The molecule has 0 aliphatic heterocycles. The number of nitrogens with one attached hydrogen (secondary N) is 1. The molecule has 0 fully saturated rings. The summed E-state index contributed by atoms with van der Waals surface area (Å²) in [5, 5.41) is 16.0. The standard InChI is InChI=1S/C20H18N4O2/c21-13-19(23-20(25)14-24-12-4-11-22-24)17-7-9-18(10-8-17)26-15-16-5-2-1-3-6-16/h1-12,19H,14-15H2,(H,23,25)/t19-/m1/s1. The van der Waals surface area contributed by atoms with E-state index in [1.54, 1.807) is 42.7 Å². The second kappa shape index (κ2) is 8.49. The molecule has 0 spiro atoms. The van der Waals surface area contributed by atoms with E-state index in [9.17, 15) is 10.1 Å². The van der Waals surface area contributed by atoms with E-state index in [0.29, 0.717) is 17.9 Å². The molecule has 2 aromatic carbocycles. The molecule has 0 saturated heterocycles. The summed E-state index contributed by atoms with van der Waals surface area (Å²) in [7, 11) is 0. The summed E-state index contributed by atoms with van der Waals surface area (Å²) >= 11 is 0. The average molecular weight is 346 g/mol. The van der Waals surface area contributed by atoms with Crippen LogP contribution in [-0.2, 0) is 17.9 Å². The molecule has 6 heteroatoms. The van der Waals surface area contributed by atoms with Crippen LogP contribution >= 0.6 is 0 Å². The van der Waals surface area contributed by atoms with Crippen LogP contribution in [0.25, 0.3) is 0 Å². The number of aromatic nitrogens is 2. The van der Waals surface area contributed by atoms with E-state index in [2.05, 4.69) is 16.5 Å². The van der Waals surface area contributed by atoms with E-state index < -0.39 is 6.04 Å². The molecule has 3 rings (SSSR count). The van der Waals surface area contributed by atoms with Crippen molar-refractivity contribution in [2.75, 3.05) is 0 Å². The van der Waals surface area contributed by atoms with Gasteiger partial charge in [-0.3, -0.25) is 9.48 Å². The third-order valence-corrected chi connectivity index (χ3v) is 3.76. The monoisotopic (exact) mass is 346 g/mol. The van der Waals surface area contributed by atoms with Crippen LogP contribution in [0.2, 0.25) is 0 Å². The Morgan fingerprint density at radius 2 is 1.92 bits per heavy atom. The highest BCUT2D eigenvalue weighted by Crippen LogP contribution is 2.18. The van der Waals surface area contributed by atoms with E-state index in [1.165, 1.54) is 4.68 Å². The highest BCUT2D eigenvalue weighted by molar-refractivity contribution is 5.76. The molecule has 1 N–H and O–H groups in total. The molecule has 6 nitrogen and oxygen atoms in total. The Kier molecular flexibility index (Phi) is 5.63.